The molecule has 5 nitrogen and oxygen atoms in total. The van der Waals surface area contributed by atoms with Crippen molar-refractivity contribution in [1.29, 1.82) is 0 Å². The van der Waals surface area contributed by atoms with Crippen LogP contribution in [-0.4, -0.2) is 17.0 Å². The first kappa shape index (κ1) is 17.5. The van der Waals surface area contributed by atoms with E-state index in [1.165, 1.54) is 6.08 Å². The van der Waals surface area contributed by atoms with E-state index in [0.717, 1.165) is 11.6 Å². The van der Waals surface area contributed by atoms with Crippen LogP contribution in [0.1, 0.15) is 16.1 Å². The summed E-state index contributed by atoms with van der Waals surface area (Å²) in [5, 5.41) is 12.0. The molecule has 1 amide bonds. The van der Waals surface area contributed by atoms with Gasteiger partial charge in [-0.05, 0) is 48.0 Å². The fourth-order valence-electron chi connectivity index (χ4n) is 2.34. The minimum Gasteiger partial charge on any atom is -0.478 e. The van der Waals surface area contributed by atoms with E-state index >= 15 is 0 Å². The fraction of sp³-hybridized carbons (Fsp3) is 0. The Balaban J connectivity index is 1.75. The standard InChI is InChI=1S/C20H14ClNO4/c21-15-5-2-4-14(12-15)17-8-9-18(26-17)20(25)22-16-6-1-3-13(11-16)7-10-19(23)24/h1-12H,(H,22,25)(H,23,24)/b10-7+. The summed E-state index contributed by atoms with van der Waals surface area (Å²) in [4.78, 5) is 22.9. The molecule has 1 heterocycles. The summed E-state index contributed by atoms with van der Waals surface area (Å²) < 4.78 is 5.61. The zero-order chi connectivity index (χ0) is 18.5. The van der Waals surface area contributed by atoms with Crippen LogP contribution >= 0.6 is 11.6 Å². The summed E-state index contributed by atoms with van der Waals surface area (Å²) in [6, 6.07) is 17.3. The molecule has 0 saturated carbocycles. The number of rotatable bonds is 5. The van der Waals surface area contributed by atoms with Gasteiger partial charge in [0.2, 0.25) is 0 Å². The lowest BCUT2D eigenvalue weighted by atomic mass is 10.2. The minimum atomic E-state index is -1.04. The number of amides is 1. The summed E-state index contributed by atoms with van der Waals surface area (Å²) in [6.45, 7) is 0. The van der Waals surface area contributed by atoms with Crippen LogP contribution in [0.4, 0.5) is 5.69 Å². The van der Waals surface area contributed by atoms with Crippen LogP contribution in [-0.2, 0) is 4.79 Å². The van der Waals surface area contributed by atoms with Crippen molar-refractivity contribution in [3.05, 3.63) is 83.1 Å². The Labute approximate surface area is 154 Å². The predicted octanol–water partition coefficient (Wildman–Crippen LogP) is 4.95. The van der Waals surface area contributed by atoms with Gasteiger partial charge in [-0.1, -0.05) is 35.9 Å². The van der Waals surface area contributed by atoms with Crippen molar-refractivity contribution in [1.82, 2.24) is 0 Å². The summed E-state index contributed by atoms with van der Waals surface area (Å²) in [5.41, 5.74) is 1.96. The maximum absolute atomic E-state index is 12.4. The monoisotopic (exact) mass is 367 g/mol. The van der Waals surface area contributed by atoms with E-state index in [1.807, 2.05) is 6.07 Å². The Morgan fingerprint density at radius 2 is 1.85 bits per heavy atom. The molecule has 6 heteroatoms. The number of aliphatic carboxylic acids is 1. The molecule has 0 unspecified atom stereocenters. The molecule has 3 rings (SSSR count). The van der Waals surface area contributed by atoms with Gasteiger partial charge in [0.25, 0.3) is 5.91 Å². The SMILES string of the molecule is O=C(O)/C=C/c1cccc(NC(=O)c2ccc(-c3cccc(Cl)c3)o2)c1. The molecule has 2 aromatic carbocycles. The molecule has 0 atom stereocenters. The largest absolute Gasteiger partial charge is 0.478 e. The van der Waals surface area contributed by atoms with Crippen molar-refractivity contribution in [2.24, 2.45) is 0 Å². The lowest BCUT2D eigenvalue weighted by Gasteiger charge is -2.04. The van der Waals surface area contributed by atoms with E-state index in [4.69, 9.17) is 21.1 Å². The topological polar surface area (TPSA) is 79.5 Å². The van der Waals surface area contributed by atoms with E-state index in [-0.39, 0.29) is 5.76 Å². The summed E-state index contributed by atoms with van der Waals surface area (Å²) in [5.74, 6) is -0.747. The molecule has 0 aliphatic carbocycles. The van der Waals surface area contributed by atoms with Crippen molar-refractivity contribution in [2.45, 2.75) is 0 Å². The number of halogens is 1. The maximum atomic E-state index is 12.4. The quantitative estimate of drug-likeness (QED) is 0.625. The normalized spacial score (nSPS) is 10.8. The molecule has 26 heavy (non-hydrogen) atoms. The summed E-state index contributed by atoms with van der Waals surface area (Å²) in [6.07, 6.45) is 2.48. The van der Waals surface area contributed by atoms with Gasteiger partial charge < -0.3 is 14.8 Å². The molecular weight excluding hydrogens is 354 g/mol. The minimum absolute atomic E-state index is 0.159. The van der Waals surface area contributed by atoms with Gasteiger partial charge in [0, 0.05) is 22.3 Å². The lowest BCUT2D eigenvalue weighted by molar-refractivity contribution is -0.131. The number of carboxylic acids is 1. The van der Waals surface area contributed by atoms with Gasteiger partial charge >= 0.3 is 5.97 Å². The molecule has 130 valence electrons. The van der Waals surface area contributed by atoms with Gasteiger partial charge in [-0.3, -0.25) is 4.79 Å². The van der Waals surface area contributed by atoms with Crippen LogP contribution in [0, 0.1) is 0 Å². The molecule has 0 saturated heterocycles. The van der Waals surface area contributed by atoms with Crippen molar-refractivity contribution < 1.29 is 19.1 Å². The van der Waals surface area contributed by atoms with E-state index < -0.39 is 11.9 Å². The number of carbonyl (C=O) groups is 2. The summed E-state index contributed by atoms with van der Waals surface area (Å²) in [7, 11) is 0. The number of carbonyl (C=O) groups excluding carboxylic acids is 1. The summed E-state index contributed by atoms with van der Waals surface area (Å²) >= 11 is 5.97. The highest BCUT2D eigenvalue weighted by molar-refractivity contribution is 6.30. The van der Waals surface area contributed by atoms with Crippen LogP contribution in [0.25, 0.3) is 17.4 Å². The fourth-order valence-corrected chi connectivity index (χ4v) is 2.53. The average Bonchev–Trinajstić information content (AvgIpc) is 3.11. The van der Waals surface area contributed by atoms with E-state index in [0.29, 0.717) is 22.0 Å². The first-order chi connectivity index (χ1) is 12.5. The highest BCUT2D eigenvalue weighted by atomic mass is 35.5. The first-order valence-corrected chi connectivity index (χ1v) is 8.07. The molecule has 2 N–H and O–H groups in total. The zero-order valence-electron chi connectivity index (χ0n) is 13.5. The van der Waals surface area contributed by atoms with Gasteiger partial charge in [0.15, 0.2) is 5.76 Å². The molecule has 0 fully saturated rings. The van der Waals surface area contributed by atoms with Gasteiger partial charge in [-0.15, -0.1) is 0 Å². The number of benzene rings is 2. The second-order valence-electron chi connectivity index (χ2n) is 5.43. The molecule has 3 aromatic rings. The number of nitrogens with one attached hydrogen (secondary N) is 1. The smallest absolute Gasteiger partial charge is 0.328 e. The van der Waals surface area contributed by atoms with Gasteiger partial charge in [-0.25, -0.2) is 4.79 Å². The Bertz CT molecular complexity index is 991. The third-order valence-electron chi connectivity index (χ3n) is 3.50. The third kappa shape index (κ3) is 4.40. The molecule has 0 bridgehead atoms. The van der Waals surface area contributed by atoms with Gasteiger partial charge in [0.05, 0.1) is 0 Å². The molecule has 0 spiro atoms. The number of furan rings is 1. The van der Waals surface area contributed by atoms with Crippen molar-refractivity contribution in [3.8, 4) is 11.3 Å². The zero-order valence-corrected chi connectivity index (χ0v) is 14.2. The number of hydrogen-bond acceptors (Lipinski definition) is 3. The third-order valence-corrected chi connectivity index (χ3v) is 3.74. The van der Waals surface area contributed by atoms with E-state index in [9.17, 15) is 9.59 Å². The average molecular weight is 368 g/mol. The Kier molecular flexibility index (Phi) is 5.20. The van der Waals surface area contributed by atoms with Crippen LogP contribution in [0.15, 0.2) is 71.2 Å². The predicted molar refractivity (Wildman–Crippen MR) is 100 cm³/mol. The van der Waals surface area contributed by atoms with Gasteiger partial charge in [0.1, 0.15) is 5.76 Å². The number of anilines is 1. The first-order valence-electron chi connectivity index (χ1n) is 7.69. The highest BCUT2D eigenvalue weighted by Crippen LogP contribution is 2.25. The van der Waals surface area contributed by atoms with Crippen molar-refractivity contribution in [3.63, 3.8) is 0 Å². The maximum Gasteiger partial charge on any atom is 0.328 e. The second kappa shape index (κ2) is 7.72. The Morgan fingerprint density at radius 1 is 1.04 bits per heavy atom. The molecule has 1 aromatic heterocycles. The van der Waals surface area contributed by atoms with Crippen LogP contribution < -0.4 is 5.32 Å². The van der Waals surface area contributed by atoms with Gasteiger partial charge in [-0.2, -0.15) is 0 Å². The van der Waals surface area contributed by atoms with Crippen LogP contribution in [0.3, 0.4) is 0 Å². The molecular formula is C20H14ClNO4. The Morgan fingerprint density at radius 3 is 2.62 bits per heavy atom. The van der Waals surface area contributed by atoms with Crippen molar-refractivity contribution in [2.75, 3.05) is 5.32 Å². The van der Waals surface area contributed by atoms with Crippen LogP contribution in [0.5, 0.6) is 0 Å². The number of carboxylic acid groups (broad SMARTS) is 1. The van der Waals surface area contributed by atoms with Crippen LogP contribution in [0.2, 0.25) is 5.02 Å². The molecule has 0 aliphatic rings. The van der Waals surface area contributed by atoms with E-state index in [1.54, 1.807) is 54.6 Å². The van der Waals surface area contributed by atoms with E-state index in [2.05, 4.69) is 5.32 Å². The lowest BCUT2D eigenvalue weighted by Crippen LogP contribution is -2.10. The Hall–Kier alpha value is -3.31. The van der Waals surface area contributed by atoms with Crippen molar-refractivity contribution >= 4 is 35.2 Å². The molecule has 0 aliphatic heterocycles. The molecule has 0 radical (unpaired) electrons. The second-order valence-corrected chi connectivity index (χ2v) is 5.86. The number of hydrogen-bond donors (Lipinski definition) is 2. The highest BCUT2D eigenvalue weighted by Gasteiger charge is 2.13.